The fourth-order valence-corrected chi connectivity index (χ4v) is 7.97. The van der Waals surface area contributed by atoms with E-state index in [2.05, 4.69) is 31.4 Å². The zero-order chi connectivity index (χ0) is 26.8. The molecule has 2 heterocycles. The molecule has 10 heteroatoms. The molecule has 1 aromatic carbocycles. The summed E-state index contributed by atoms with van der Waals surface area (Å²) < 4.78 is 29.4. The molecular formula is C27H36N2O6S2. The van der Waals surface area contributed by atoms with Gasteiger partial charge in [0.05, 0.1) is 17.1 Å². The van der Waals surface area contributed by atoms with Crippen LogP contribution in [0.5, 0.6) is 5.75 Å². The molecule has 0 saturated carbocycles. The van der Waals surface area contributed by atoms with E-state index in [-0.39, 0.29) is 42.0 Å². The van der Waals surface area contributed by atoms with Crippen molar-refractivity contribution in [2.45, 2.75) is 58.6 Å². The van der Waals surface area contributed by atoms with E-state index in [1.807, 2.05) is 0 Å². The number of aliphatic hydroxyl groups is 1. The summed E-state index contributed by atoms with van der Waals surface area (Å²) in [6.07, 6.45) is 3.04. The molecule has 202 valence electrons. The number of aliphatic hydroxyl groups excluding tert-OH is 1. The monoisotopic (exact) mass is 548 g/mol. The van der Waals surface area contributed by atoms with E-state index in [4.69, 9.17) is 4.74 Å². The third-order valence-corrected chi connectivity index (χ3v) is 10.2. The van der Waals surface area contributed by atoms with Crippen LogP contribution >= 0.6 is 11.3 Å². The Hall–Kier alpha value is -2.43. The Morgan fingerprint density at radius 1 is 1.24 bits per heavy atom. The Morgan fingerprint density at radius 3 is 2.59 bits per heavy atom. The molecule has 0 spiro atoms. The number of anilines is 1. The first-order chi connectivity index (χ1) is 17.4. The van der Waals surface area contributed by atoms with Crippen LogP contribution in [0.2, 0.25) is 0 Å². The van der Waals surface area contributed by atoms with Gasteiger partial charge in [-0.3, -0.25) is 9.59 Å². The molecule has 37 heavy (non-hydrogen) atoms. The van der Waals surface area contributed by atoms with Crippen LogP contribution in [0.15, 0.2) is 24.3 Å². The summed E-state index contributed by atoms with van der Waals surface area (Å²) in [7, 11) is -3.11. The third kappa shape index (κ3) is 6.91. The van der Waals surface area contributed by atoms with Crippen LogP contribution < -0.4 is 15.4 Å². The fourth-order valence-electron chi connectivity index (χ4n) is 4.96. The van der Waals surface area contributed by atoms with Crippen LogP contribution in [0, 0.1) is 11.3 Å². The lowest BCUT2D eigenvalue weighted by molar-refractivity contribution is 0.0940. The van der Waals surface area contributed by atoms with Crippen molar-refractivity contribution in [3.05, 3.63) is 45.8 Å². The number of rotatable bonds is 9. The molecule has 2 aromatic rings. The minimum Gasteiger partial charge on any atom is -0.491 e. The highest BCUT2D eigenvalue weighted by Crippen LogP contribution is 2.44. The van der Waals surface area contributed by atoms with E-state index in [1.165, 1.54) is 4.88 Å². The second-order valence-electron chi connectivity index (χ2n) is 11.1. The first-order valence-electron chi connectivity index (χ1n) is 12.7. The zero-order valence-electron chi connectivity index (χ0n) is 21.6. The number of carbonyl (C=O) groups excluding carboxylic acids is 2. The number of sulfone groups is 1. The van der Waals surface area contributed by atoms with Crippen LogP contribution in [0.3, 0.4) is 0 Å². The molecule has 3 atom stereocenters. The van der Waals surface area contributed by atoms with Crippen molar-refractivity contribution in [2.75, 3.05) is 30.0 Å². The molecule has 2 aliphatic rings. The Morgan fingerprint density at radius 2 is 1.97 bits per heavy atom. The maximum absolute atomic E-state index is 13.4. The zero-order valence-corrected chi connectivity index (χ0v) is 23.2. The van der Waals surface area contributed by atoms with E-state index in [1.54, 1.807) is 35.6 Å². The number of carbonyl (C=O) groups is 2. The van der Waals surface area contributed by atoms with Crippen molar-refractivity contribution >= 4 is 38.4 Å². The summed E-state index contributed by atoms with van der Waals surface area (Å²) in [6.45, 7) is 6.96. The molecule has 8 nitrogen and oxygen atoms in total. The summed E-state index contributed by atoms with van der Waals surface area (Å²) >= 11 is 1.55. The van der Waals surface area contributed by atoms with Gasteiger partial charge >= 0.3 is 0 Å². The minimum atomic E-state index is -3.11. The van der Waals surface area contributed by atoms with Crippen molar-refractivity contribution in [3.8, 4) is 5.75 Å². The Labute approximate surface area is 222 Å². The van der Waals surface area contributed by atoms with Gasteiger partial charge in [0.1, 0.15) is 29.7 Å². The van der Waals surface area contributed by atoms with Crippen LogP contribution in [0.1, 0.15) is 64.8 Å². The highest BCUT2D eigenvalue weighted by molar-refractivity contribution is 7.91. The van der Waals surface area contributed by atoms with Gasteiger partial charge in [-0.05, 0) is 66.8 Å². The minimum absolute atomic E-state index is 0.0240. The molecule has 3 N–H and O–H groups in total. The predicted octanol–water partition coefficient (Wildman–Crippen LogP) is 3.48. The molecular weight excluding hydrogens is 512 g/mol. The van der Waals surface area contributed by atoms with Crippen LogP contribution in [-0.4, -0.2) is 62.5 Å². The van der Waals surface area contributed by atoms with Crippen molar-refractivity contribution in [3.63, 3.8) is 0 Å². The third-order valence-electron chi connectivity index (χ3n) is 7.24. The quantitative estimate of drug-likeness (QED) is 0.410. The smallest absolute Gasteiger partial charge is 0.254 e. The summed E-state index contributed by atoms with van der Waals surface area (Å²) in [6, 6.07) is 6.27. The number of benzene rings is 1. The van der Waals surface area contributed by atoms with Gasteiger partial charge in [0, 0.05) is 23.0 Å². The maximum atomic E-state index is 13.4. The number of ether oxygens (including phenoxy) is 1. The second-order valence-corrected chi connectivity index (χ2v) is 14.5. The summed E-state index contributed by atoms with van der Waals surface area (Å²) in [5.74, 6) is 0.881. The Bertz CT molecular complexity index is 1230. The number of hydrogen-bond donors (Lipinski definition) is 3. The summed E-state index contributed by atoms with van der Waals surface area (Å²) in [5.41, 5.74) is 2.32. The van der Waals surface area contributed by atoms with E-state index in [0.717, 1.165) is 31.1 Å². The van der Waals surface area contributed by atoms with Gasteiger partial charge in [0.15, 0.2) is 9.84 Å². The summed E-state index contributed by atoms with van der Waals surface area (Å²) in [5, 5.41) is 17.4. The van der Waals surface area contributed by atoms with Gasteiger partial charge in [0.25, 0.3) is 5.91 Å². The average molecular weight is 549 g/mol. The number of fused-ring (bicyclic) bond motifs is 1. The van der Waals surface area contributed by atoms with E-state index in [0.29, 0.717) is 34.2 Å². The summed E-state index contributed by atoms with van der Waals surface area (Å²) in [4.78, 5) is 25.4. The molecule has 1 fully saturated rings. The average Bonchev–Trinajstić information content (AvgIpc) is 3.39. The molecule has 3 unspecified atom stereocenters. The molecule has 1 aliphatic carbocycles. The molecule has 1 amide bonds. The first kappa shape index (κ1) is 27.6. The van der Waals surface area contributed by atoms with Crippen molar-refractivity contribution in [2.24, 2.45) is 11.3 Å². The predicted molar refractivity (Wildman–Crippen MR) is 146 cm³/mol. The topological polar surface area (TPSA) is 122 Å². The van der Waals surface area contributed by atoms with Crippen molar-refractivity contribution < 1.29 is 27.9 Å². The lowest BCUT2D eigenvalue weighted by Crippen LogP contribution is -2.36. The molecule has 1 aromatic heterocycles. The fraction of sp³-hybridized carbons (Fsp3) is 0.556. The normalized spacial score (nSPS) is 21.6. The lowest BCUT2D eigenvalue weighted by atomic mass is 9.72. The standard InChI is InChI=1S/C27H36N2O6S2/c1-27(2,3)18-6-9-22-23(12-18)36-26(24(22)25(32)29-19-10-11-37(33,34)16-19)28-13-20(31)15-35-21-7-4-17(14-30)5-8-21/h4-5,7-8,14,18-20,28,31H,6,9-13,15-16H2,1-3H3,(H,29,32). The van der Waals surface area contributed by atoms with Crippen LogP contribution in [0.25, 0.3) is 0 Å². The van der Waals surface area contributed by atoms with E-state index < -0.39 is 15.9 Å². The van der Waals surface area contributed by atoms with Gasteiger partial charge in [-0.25, -0.2) is 8.42 Å². The molecule has 0 bridgehead atoms. The van der Waals surface area contributed by atoms with Crippen LogP contribution in [-0.2, 0) is 22.7 Å². The van der Waals surface area contributed by atoms with Crippen molar-refractivity contribution in [1.29, 1.82) is 0 Å². The molecule has 1 saturated heterocycles. The molecule has 4 rings (SSSR count). The number of amides is 1. The van der Waals surface area contributed by atoms with Gasteiger partial charge in [-0.1, -0.05) is 20.8 Å². The van der Waals surface area contributed by atoms with E-state index in [9.17, 15) is 23.1 Å². The maximum Gasteiger partial charge on any atom is 0.254 e. The Kier molecular flexibility index (Phi) is 8.30. The number of aldehydes is 1. The van der Waals surface area contributed by atoms with Crippen molar-refractivity contribution in [1.82, 2.24) is 5.32 Å². The molecule has 1 aliphatic heterocycles. The largest absolute Gasteiger partial charge is 0.491 e. The first-order valence-corrected chi connectivity index (χ1v) is 15.3. The number of hydrogen-bond acceptors (Lipinski definition) is 8. The van der Waals surface area contributed by atoms with E-state index >= 15 is 0 Å². The van der Waals surface area contributed by atoms with Crippen LogP contribution in [0.4, 0.5) is 5.00 Å². The number of thiophene rings is 1. The SMILES string of the molecule is CC(C)(C)C1CCc2c(sc(NCC(O)COc3ccc(C=O)cc3)c2C(=O)NC2CCS(=O)(=O)C2)C1. The van der Waals surface area contributed by atoms with Gasteiger partial charge in [-0.15, -0.1) is 11.3 Å². The Balaban J connectivity index is 1.46. The highest BCUT2D eigenvalue weighted by Gasteiger charge is 2.35. The second kappa shape index (κ2) is 11.1. The van der Waals surface area contributed by atoms with Gasteiger partial charge < -0.3 is 20.5 Å². The highest BCUT2D eigenvalue weighted by atomic mass is 32.2. The lowest BCUT2D eigenvalue weighted by Gasteiger charge is -2.33. The van der Waals surface area contributed by atoms with Gasteiger partial charge in [0.2, 0.25) is 0 Å². The molecule has 0 radical (unpaired) electrons. The number of nitrogens with one attached hydrogen (secondary N) is 2. The van der Waals surface area contributed by atoms with Gasteiger partial charge in [-0.2, -0.15) is 0 Å².